The molecule has 0 unspecified atom stereocenters. The topological polar surface area (TPSA) is 77.0 Å². The van der Waals surface area contributed by atoms with E-state index in [0.717, 1.165) is 12.3 Å². The standard InChI is InChI=1S/C16H23N5O2/c1-2-4-12(3-1)21-13(5-6-20-21)7-17-15-10-22-11-16(15)23-14-8-18-19-9-14/h5-6,8-9,12,15-17H,1-4,7,10-11H2,(H,18,19)/t15-,16+/m0/s1. The maximum atomic E-state index is 5.92. The van der Waals surface area contributed by atoms with Gasteiger partial charge >= 0.3 is 0 Å². The quantitative estimate of drug-likeness (QED) is 0.847. The zero-order chi connectivity index (χ0) is 15.5. The van der Waals surface area contributed by atoms with Gasteiger partial charge in [-0.1, -0.05) is 12.8 Å². The highest BCUT2D eigenvalue weighted by Gasteiger charge is 2.30. The molecule has 124 valence electrons. The Morgan fingerprint density at radius 2 is 2.26 bits per heavy atom. The van der Waals surface area contributed by atoms with Crippen LogP contribution in [0, 0.1) is 0 Å². The molecule has 7 heteroatoms. The van der Waals surface area contributed by atoms with Crippen molar-refractivity contribution >= 4 is 0 Å². The largest absolute Gasteiger partial charge is 0.483 e. The number of aromatic nitrogens is 4. The van der Waals surface area contributed by atoms with E-state index in [1.54, 1.807) is 12.4 Å². The number of hydrogen-bond acceptors (Lipinski definition) is 5. The summed E-state index contributed by atoms with van der Waals surface area (Å²) >= 11 is 0. The van der Waals surface area contributed by atoms with E-state index in [9.17, 15) is 0 Å². The summed E-state index contributed by atoms with van der Waals surface area (Å²) < 4.78 is 13.7. The van der Waals surface area contributed by atoms with Crippen LogP contribution in [0.1, 0.15) is 37.4 Å². The monoisotopic (exact) mass is 317 g/mol. The van der Waals surface area contributed by atoms with Crippen LogP contribution in [-0.4, -0.2) is 45.3 Å². The second-order valence-electron chi connectivity index (χ2n) is 6.32. The highest BCUT2D eigenvalue weighted by Crippen LogP contribution is 2.29. The van der Waals surface area contributed by atoms with Crippen LogP contribution in [0.4, 0.5) is 0 Å². The zero-order valence-corrected chi connectivity index (χ0v) is 13.1. The molecule has 2 atom stereocenters. The Hall–Kier alpha value is -1.86. The number of nitrogens with zero attached hydrogens (tertiary/aromatic N) is 3. The van der Waals surface area contributed by atoms with E-state index >= 15 is 0 Å². The molecule has 7 nitrogen and oxygen atoms in total. The second-order valence-corrected chi connectivity index (χ2v) is 6.32. The summed E-state index contributed by atoms with van der Waals surface area (Å²) in [7, 11) is 0. The SMILES string of the molecule is c1cc(CN[C@H]2COC[C@H]2Oc2cn[nH]c2)n(C2CCCC2)n1. The van der Waals surface area contributed by atoms with Crippen molar-refractivity contribution < 1.29 is 9.47 Å². The van der Waals surface area contributed by atoms with E-state index < -0.39 is 0 Å². The van der Waals surface area contributed by atoms with E-state index in [2.05, 4.69) is 31.4 Å². The van der Waals surface area contributed by atoms with Crippen molar-refractivity contribution in [3.63, 3.8) is 0 Å². The molecule has 2 N–H and O–H groups in total. The Labute approximate surface area is 135 Å². The predicted octanol–water partition coefficient (Wildman–Crippen LogP) is 1.66. The molecule has 2 aromatic rings. The fourth-order valence-corrected chi connectivity index (χ4v) is 3.51. The molecule has 23 heavy (non-hydrogen) atoms. The van der Waals surface area contributed by atoms with Gasteiger partial charge < -0.3 is 14.8 Å². The second kappa shape index (κ2) is 6.72. The first-order valence-corrected chi connectivity index (χ1v) is 8.39. The van der Waals surface area contributed by atoms with Gasteiger partial charge in [0.2, 0.25) is 0 Å². The number of H-pyrrole nitrogens is 1. The molecule has 0 spiro atoms. The van der Waals surface area contributed by atoms with Crippen LogP contribution in [0.15, 0.2) is 24.7 Å². The molecule has 2 fully saturated rings. The lowest BCUT2D eigenvalue weighted by Gasteiger charge is -2.21. The Morgan fingerprint density at radius 1 is 1.35 bits per heavy atom. The van der Waals surface area contributed by atoms with Gasteiger partial charge in [-0.3, -0.25) is 9.78 Å². The van der Waals surface area contributed by atoms with Crippen LogP contribution in [0.5, 0.6) is 5.75 Å². The van der Waals surface area contributed by atoms with Crippen molar-refractivity contribution in [2.24, 2.45) is 0 Å². The molecule has 2 aliphatic rings. The van der Waals surface area contributed by atoms with Gasteiger partial charge in [-0.2, -0.15) is 10.2 Å². The van der Waals surface area contributed by atoms with Gasteiger partial charge in [0.25, 0.3) is 0 Å². The van der Waals surface area contributed by atoms with E-state index in [1.165, 1.54) is 31.4 Å². The first kappa shape index (κ1) is 14.7. The molecule has 0 bridgehead atoms. The average Bonchev–Trinajstić information content (AvgIpc) is 3.34. The molecule has 0 amide bonds. The molecule has 0 aromatic carbocycles. The van der Waals surface area contributed by atoms with E-state index in [0.29, 0.717) is 19.3 Å². The Kier molecular flexibility index (Phi) is 4.30. The van der Waals surface area contributed by atoms with Crippen LogP contribution in [-0.2, 0) is 11.3 Å². The van der Waals surface area contributed by atoms with Gasteiger partial charge in [0, 0.05) is 12.7 Å². The highest BCUT2D eigenvalue weighted by molar-refractivity contribution is 5.12. The average molecular weight is 317 g/mol. The van der Waals surface area contributed by atoms with E-state index in [4.69, 9.17) is 9.47 Å². The van der Waals surface area contributed by atoms with Crippen molar-refractivity contribution in [2.75, 3.05) is 13.2 Å². The Morgan fingerprint density at radius 3 is 3.09 bits per heavy atom. The normalized spacial score (nSPS) is 25.2. The molecular weight excluding hydrogens is 294 g/mol. The third kappa shape index (κ3) is 3.25. The van der Waals surface area contributed by atoms with Crippen molar-refractivity contribution in [3.05, 3.63) is 30.4 Å². The molecule has 1 saturated carbocycles. The number of nitrogens with one attached hydrogen (secondary N) is 2. The summed E-state index contributed by atoms with van der Waals surface area (Å²) in [6, 6.07) is 2.85. The summed E-state index contributed by atoms with van der Waals surface area (Å²) in [5, 5.41) is 14.8. The summed E-state index contributed by atoms with van der Waals surface area (Å²) in [5.41, 5.74) is 1.24. The Balaban J connectivity index is 1.36. The fourth-order valence-electron chi connectivity index (χ4n) is 3.51. The summed E-state index contributed by atoms with van der Waals surface area (Å²) in [6.07, 6.45) is 10.5. The van der Waals surface area contributed by atoms with Gasteiger partial charge in [-0.15, -0.1) is 0 Å². The number of aromatic amines is 1. The van der Waals surface area contributed by atoms with Gasteiger partial charge in [-0.05, 0) is 18.9 Å². The number of ether oxygens (including phenoxy) is 2. The predicted molar refractivity (Wildman–Crippen MR) is 84.2 cm³/mol. The van der Waals surface area contributed by atoms with Crippen LogP contribution < -0.4 is 10.1 Å². The number of hydrogen-bond donors (Lipinski definition) is 2. The number of rotatable bonds is 6. The molecular formula is C16H23N5O2. The highest BCUT2D eigenvalue weighted by atomic mass is 16.5. The lowest BCUT2D eigenvalue weighted by atomic mass is 10.2. The minimum atomic E-state index is 0.00968. The van der Waals surface area contributed by atoms with Crippen LogP contribution in [0.2, 0.25) is 0 Å². The molecule has 2 aromatic heterocycles. The lowest BCUT2D eigenvalue weighted by Crippen LogP contribution is -2.42. The van der Waals surface area contributed by atoms with Crippen molar-refractivity contribution in [1.82, 2.24) is 25.3 Å². The van der Waals surface area contributed by atoms with Gasteiger partial charge in [0.15, 0.2) is 5.75 Å². The molecule has 1 aliphatic heterocycles. The molecule has 3 heterocycles. The first-order valence-electron chi connectivity index (χ1n) is 8.39. The van der Waals surface area contributed by atoms with Crippen LogP contribution in [0.25, 0.3) is 0 Å². The van der Waals surface area contributed by atoms with E-state index in [-0.39, 0.29) is 12.1 Å². The fraction of sp³-hybridized carbons (Fsp3) is 0.625. The van der Waals surface area contributed by atoms with Gasteiger partial charge in [-0.25, -0.2) is 0 Å². The smallest absolute Gasteiger partial charge is 0.157 e. The first-order chi connectivity index (χ1) is 11.4. The van der Waals surface area contributed by atoms with Crippen molar-refractivity contribution in [1.29, 1.82) is 0 Å². The Bertz CT molecular complexity index is 606. The van der Waals surface area contributed by atoms with Gasteiger partial charge in [0.1, 0.15) is 6.10 Å². The van der Waals surface area contributed by atoms with Crippen molar-refractivity contribution in [2.45, 2.75) is 50.4 Å². The lowest BCUT2D eigenvalue weighted by molar-refractivity contribution is 0.139. The molecule has 0 radical (unpaired) electrons. The maximum absolute atomic E-state index is 5.92. The van der Waals surface area contributed by atoms with Crippen LogP contribution >= 0.6 is 0 Å². The van der Waals surface area contributed by atoms with Gasteiger partial charge in [0.05, 0.1) is 43.4 Å². The van der Waals surface area contributed by atoms with E-state index in [1.807, 2.05) is 6.20 Å². The minimum Gasteiger partial charge on any atom is -0.483 e. The minimum absolute atomic E-state index is 0.00968. The summed E-state index contributed by atoms with van der Waals surface area (Å²) in [6.45, 7) is 2.06. The summed E-state index contributed by atoms with van der Waals surface area (Å²) in [4.78, 5) is 0. The molecule has 1 saturated heterocycles. The van der Waals surface area contributed by atoms with Crippen LogP contribution in [0.3, 0.4) is 0 Å². The molecule has 4 rings (SSSR count). The summed E-state index contributed by atoms with van der Waals surface area (Å²) in [5.74, 6) is 0.753. The third-order valence-corrected chi connectivity index (χ3v) is 4.76. The maximum Gasteiger partial charge on any atom is 0.157 e. The zero-order valence-electron chi connectivity index (χ0n) is 13.1. The molecule has 1 aliphatic carbocycles. The third-order valence-electron chi connectivity index (χ3n) is 4.76. The van der Waals surface area contributed by atoms with Crippen molar-refractivity contribution in [3.8, 4) is 5.75 Å².